The molecule has 0 aliphatic heterocycles. The van der Waals surface area contributed by atoms with Gasteiger partial charge in [0.05, 0.1) is 11.7 Å². The average molecular weight is 395 g/mol. The number of benzene rings is 3. The molecule has 3 aromatic heterocycles. The van der Waals surface area contributed by atoms with Crippen LogP contribution < -0.4 is 0 Å². The largest absolute Gasteiger partial charge is 0.298 e. The molecule has 0 saturated carbocycles. The molecule has 0 amide bonds. The second-order valence-electron chi connectivity index (χ2n) is 8.67. The average Bonchev–Trinajstić information content (AvgIpc) is 3.53. The third-order valence-electron chi connectivity index (χ3n) is 7.21. The molecule has 2 aliphatic carbocycles. The first-order valence-electron chi connectivity index (χ1n) is 10.8. The first-order chi connectivity index (χ1) is 15.4. The molecule has 8 rings (SSSR count). The van der Waals surface area contributed by atoms with Gasteiger partial charge in [-0.2, -0.15) is 0 Å². The molecule has 3 heterocycles. The normalized spacial score (nSPS) is 13.5. The van der Waals surface area contributed by atoms with Crippen molar-refractivity contribution in [2.24, 2.45) is 0 Å². The summed E-state index contributed by atoms with van der Waals surface area (Å²) in [5.74, 6) is 0. The van der Waals surface area contributed by atoms with Crippen LogP contribution in [0.2, 0.25) is 0 Å². The van der Waals surface area contributed by atoms with Gasteiger partial charge in [0.15, 0.2) is 0 Å². The van der Waals surface area contributed by atoms with Crippen LogP contribution in [0.4, 0.5) is 0 Å². The zero-order chi connectivity index (χ0) is 20.1. The second kappa shape index (κ2) is 5.38. The molecule has 3 heteroatoms. The third-order valence-corrected chi connectivity index (χ3v) is 7.21. The fraction of sp³-hybridized carbons (Fsp3) is 0.0714. The number of hydrogen-bond donors (Lipinski definition) is 0. The number of hydrogen-bond acceptors (Lipinski definition) is 2. The Bertz CT molecular complexity index is 1740. The highest BCUT2D eigenvalue weighted by Crippen LogP contribution is 2.51. The van der Waals surface area contributed by atoms with Crippen molar-refractivity contribution in [1.82, 2.24) is 14.4 Å². The van der Waals surface area contributed by atoms with E-state index in [9.17, 15) is 0 Å². The Labute approximate surface area is 178 Å². The van der Waals surface area contributed by atoms with E-state index in [2.05, 4.69) is 64.0 Å². The number of aromatic nitrogens is 3. The van der Waals surface area contributed by atoms with E-state index in [0.29, 0.717) is 0 Å². The zero-order valence-electron chi connectivity index (χ0n) is 16.8. The minimum atomic E-state index is 0.964. The van der Waals surface area contributed by atoms with E-state index in [4.69, 9.17) is 4.98 Å². The standard InChI is InChI=1S/C28H17N3/c1-2-4-19-16(3-1)13-17-5-6-18-14-23-20(26(18)25(17)19)7-8-22-27(23)21-9-10-29-15-24(21)31-12-11-30-28(22)31/h1-12,15H,13-14H2. The summed E-state index contributed by atoms with van der Waals surface area (Å²) in [5.41, 5.74) is 13.5. The Kier molecular flexibility index (Phi) is 2.74. The molecule has 0 radical (unpaired) electrons. The van der Waals surface area contributed by atoms with Crippen LogP contribution in [0.3, 0.4) is 0 Å². The summed E-state index contributed by atoms with van der Waals surface area (Å²) >= 11 is 0. The lowest BCUT2D eigenvalue weighted by Gasteiger charge is -2.13. The van der Waals surface area contributed by atoms with Gasteiger partial charge in [0.25, 0.3) is 0 Å². The summed E-state index contributed by atoms with van der Waals surface area (Å²) in [6, 6.07) is 20.3. The lowest BCUT2D eigenvalue weighted by Crippen LogP contribution is -1.94. The van der Waals surface area contributed by atoms with Crippen molar-refractivity contribution in [2.75, 3.05) is 0 Å². The Hall–Kier alpha value is -3.98. The van der Waals surface area contributed by atoms with E-state index in [1.54, 1.807) is 0 Å². The van der Waals surface area contributed by atoms with Gasteiger partial charge in [-0.1, -0.05) is 42.5 Å². The van der Waals surface area contributed by atoms with Crippen LogP contribution in [0.1, 0.15) is 22.3 Å². The lowest BCUT2D eigenvalue weighted by molar-refractivity contribution is 1.23. The molecule has 0 unspecified atom stereocenters. The van der Waals surface area contributed by atoms with E-state index in [-0.39, 0.29) is 0 Å². The van der Waals surface area contributed by atoms with Crippen molar-refractivity contribution in [3.05, 3.63) is 102 Å². The van der Waals surface area contributed by atoms with Crippen molar-refractivity contribution in [3.63, 3.8) is 0 Å². The Morgan fingerprint density at radius 2 is 1.58 bits per heavy atom. The SMILES string of the molecule is c1ccc2c(c1)Cc1ccc3c(c1-2)-c1ccc2c(c1C3)c1ccncc1n1ccnc21. The highest BCUT2D eigenvalue weighted by molar-refractivity contribution is 6.16. The van der Waals surface area contributed by atoms with E-state index < -0.39 is 0 Å². The van der Waals surface area contributed by atoms with Crippen molar-refractivity contribution in [1.29, 1.82) is 0 Å². The van der Waals surface area contributed by atoms with Gasteiger partial charge in [0, 0.05) is 29.4 Å². The maximum absolute atomic E-state index is 4.69. The molecule has 0 fully saturated rings. The Morgan fingerprint density at radius 3 is 2.55 bits per heavy atom. The van der Waals surface area contributed by atoms with Crippen LogP contribution in [0.25, 0.3) is 49.6 Å². The van der Waals surface area contributed by atoms with Crippen LogP contribution in [0.5, 0.6) is 0 Å². The molecule has 0 N–H and O–H groups in total. The summed E-state index contributed by atoms with van der Waals surface area (Å²) in [6.07, 6.45) is 9.77. The highest BCUT2D eigenvalue weighted by atomic mass is 15.0. The number of imidazole rings is 1. The second-order valence-corrected chi connectivity index (χ2v) is 8.67. The molecule has 0 bridgehead atoms. The van der Waals surface area contributed by atoms with E-state index >= 15 is 0 Å². The minimum absolute atomic E-state index is 0.964. The Balaban J connectivity index is 1.54. The molecule has 0 spiro atoms. The van der Waals surface area contributed by atoms with Crippen molar-refractivity contribution >= 4 is 27.3 Å². The predicted octanol–water partition coefficient (Wildman–Crippen LogP) is 6.18. The summed E-state index contributed by atoms with van der Waals surface area (Å²) in [6.45, 7) is 0. The molecule has 6 aromatic rings. The Morgan fingerprint density at radius 1 is 0.710 bits per heavy atom. The number of fused-ring (bicyclic) bond motifs is 14. The minimum Gasteiger partial charge on any atom is -0.298 e. The molecule has 144 valence electrons. The molecule has 2 aliphatic rings. The van der Waals surface area contributed by atoms with E-state index in [1.165, 1.54) is 60.7 Å². The summed E-state index contributed by atoms with van der Waals surface area (Å²) in [7, 11) is 0. The monoisotopic (exact) mass is 395 g/mol. The fourth-order valence-corrected chi connectivity index (χ4v) is 5.96. The van der Waals surface area contributed by atoms with Gasteiger partial charge in [0.2, 0.25) is 0 Å². The number of rotatable bonds is 0. The first-order valence-corrected chi connectivity index (χ1v) is 10.8. The fourth-order valence-electron chi connectivity index (χ4n) is 5.96. The van der Waals surface area contributed by atoms with Crippen LogP contribution in [0, 0.1) is 0 Å². The van der Waals surface area contributed by atoms with Gasteiger partial charge in [-0.15, -0.1) is 0 Å². The third kappa shape index (κ3) is 1.85. The summed E-state index contributed by atoms with van der Waals surface area (Å²) in [4.78, 5) is 9.10. The molecular formula is C28H17N3. The van der Waals surface area contributed by atoms with Gasteiger partial charge in [0.1, 0.15) is 5.65 Å². The van der Waals surface area contributed by atoms with Gasteiger partial charge in [-0.25, -0.2) is 4.98 Å². The van der Waals surface area contributed by atoms with Crippen LogP contribution in [-0.4, -0.2) is 14.4 Å². The van der Waals surface area contributed by atoms with Crippen LogP contribution >= 0.6 is 0 Å². The molecule has 3 aromatic carbocycles. The van der Waals surface area contributed by atoms with Crippen molar-refractivity contribution < 1.29 is 0 Å². The summed E-state index contributed by atoms with van der Waals surface area (Å²) in [5, 5.41) is 3.79. The number of nitrogens with zero attached hydrogens (tertiary/aromatic N) is 3. The van der Waals surface area contributed by atoms with Crippen molar-refractivity contribution in [3.8, 4) is 22.3 Å². The van der Waals surface area contributed by atoms with Gasteiger partial charge < -0.3 is 0 Å². The highest BCUT2D eigenvalue weighted by Gasteiger charge is 2.30. The first kappa shape index (κ1) is 15.8. The quantitative estimate of drug-likeness (QED) is 0.287. The van der Waals surface area contributed by atoms with Crippen LogP contribution in [-0.2, 0) is 12.8 Å². The lowest BCUT2D eigenvalue weighted by atomic mass is 9.92. The number of pyridine rings is 2. The van der Waals surface area contributed by atoms with Gasteiger partial charge >= 0.3 is 0 Å². The summed E-state index contributed by atoms with van der Waals surface area (Å²) < 4.78 is 2.16. The van der Waals surface area contributed by atoms with Crippen molar-refractivity contribution in [2.45, 2.75) is 12.8 Å². The molecule has 31 heavy (non-hydrogen) atoms. The van der Waals surface area contributed by atoms with Gasteiger partial charge in [-0.3, -0.25) is 9.38 Å². The molecule has 0 atom stereocenters. The maximum Gasteiger partial charge on any atom is 0.145 e. The predicted molar refractivity (Wildman–Crippen MR) is 124 cm³/mol. The topological polar surface area (TPSA) is 30.2 Å². The van der Waals surface area contributed by atoms with E-state index in [0.717, 1.165) is 24.0 Å². The zero-order valence-corrected chi connectivity index (χ0v) is 16.8. The smallest absolute Gasteiger partial charge is 0.145 e. The maximum atomic E-state index is 4.69. The van der Waals surface area contributed by atoms with E-state index in [1.807, 2.05) is 24.8 Å². The molecule has 3 nitrogen and oxygen atoms in total. The molecule has 0 saturated heterocycles. The van der Waals surface area contributed by atoms with Gasteiger partial charge in [-0.05, 0) is 74.9 Å². The van der Waals surface area contributed by atoms with Crippen LogP contribution in [0.15, 0.2) is 79.4 Å². The molecular weight excluding hydrogens is 378 g/mol.